The number of rotatable bonds is 6. The van der Waals surface area contributed by atoms with E-state index in [2.05, 4.69) is 15.5 Å². The second-order valence-electron chi connectivity index (χ2n) is 7.35. The summed E-state index contributed by atoms with van der Waals surface area (Å²) in [7, 11) is 0. The van der Waals surface area contributed by atoms with Gasteiger partial charge in [0.1, 0.15) is 12.1 Å². The SMILES string of the molecule is Cc1ccc(C(N)C(=O)NC(C)C(=O)Nc2cccc(N3CCCC3)c2)cc1. The zero-order chi connectivity index (χ0) is 20.1. The predicted octanol–water partition coefficient (Wildman–Crippen LogP) is 2.74. The van der Waals surface area contributed by atoms with E-state index in [0.717, 1.165) is 30.0 Å². The van der Waals surface area contributed by atoms with Crippen LogP contribution in [0.25, 0.3) is 0 Å². The lowest BCUT2D eigenvalue weighted by molar-refractivity contribution is -0.127. The van der Waals surface area contributed by atoms with E-state index < -0.39 is 12.1 Å². The van der Waals surface area contributed by atoms with Crippen LogP contribution in [0, 0.1) is 6.92 Å². The van der Waals surface area contributed by atoms with Gasteiger partial charge in [-0.1, -0.05) is 35.9 Å². The molecule has 0 aromatic heterocycles. The monoisotopic (exact) mass is 380 g/mol. The van der Waals surface area contributed by atoms with Crippen molar-refractivity contribution in [2.24, 2.45) is 5.73 Å². The molecule has 1 aliphatic rings. The van der Waals surface area contributed by atoms with Gasteiger partial charge < -0.3 is 21.3 Å². The van der Waals surface area contributed by atoms with Gasteiger partial charge in [0.25, 0.3) is 0 Å². The Labute approximate surface area is 166 Å². The topological polar surface area (TPSA) is 87.5 Å². The maximum atomic E-state index is 12.5. The van der Waals surface area contributed by atoms with Gasteiger partial charge in [0.05, 0.1) is 0 Å². The van der Waals surface area contributed by atoms with E-state index >= 15 is 0 Å². The molecule has 0 aliphatic carbocycles. The number of amides is 2. The third kappa shape index (κ3) is 4.89. The van der Waals surface area contributed by atoms with Crippen LogP contribution >= 0.6 is 0 Å². The summed E-state index contributed by atoms with van der Waals surface area (Å²) < 4.78 is 0. The Morgan fingerprint density at radius 2 is 1.71 bits per heavy atom. The minimum atomic E-state index is -0.811. The Morgan fingerprint density at radius 3 is 2.39 bits per heavy atom. The van der Waals surface area contributed by atoms with Crippen LogP contribution in [0.5, 0.6) is 0 Å². The zero-order valence-corrected chi connectivity index (χ0v) is 16.4. The molecule has 3 rings (SSSR count). The molecule has 1 saturated heterocycles. The molecule has 2 aromatic carbocycles. The zero-order valence-electron chi connectivity index (χ0n) is 16.4. The molecular weight excluding hydrogens is 352 g/mol. The Balaban J connectivity index is 1.57. The van der Waals surface area contributed by atoms with Gasteiger partial charge in [0.2, 0.25) is 11.8 Å². The normalized spacial score (nSPS) is 15.8. The smallest absolute Gasteiger partial charge is 0.246 e. The van der Waals surface area contributed by atoms with E-state index in [-0.39, 0.29) is 11.8 Å². The highest BCUT2D eigenvalue weighted by Crippen LogP contribution is 2.23. The highest BCUT2D eigenvalue weighted by atomic mass is 16.2. The minimum Gasteiger partial charge on any atom is -0.371 e. The second kappa shape index (κ2) is 8.89. The maximum Gasteiger partial charge on any atom is 0.246 e. The van der Waals surface area contributed by atoms with E-state index in [9.17, 15) is 9.59 Å². The molecule has 6 heteroatoms. The lowest BCUT2D eigenvalue weighted by Gasteiger charge is -2.20. The molecule has 0 spiro atoms. The lowest BCUT2D eigenvalue weighted by Crippen LogP contribution is -2.45. The number of aryl methyl sites for hydroxylation is 1. The molecule has 2 unspecified atom stereocenters. The average Bonchev–Trinajstić information content (AvgIpc) is 3.23. The van der Waals surface area contributed by atoms with E-state index in [0.29, 0.717) is 5.56 Å². The fourth-order valence-electron chi connectivity index (χ4n) is 3.30. The minimum absolute atomic E-state index is 0.275. The molecule has 0 saturated carbocycles. The van der Waals surface area contributed by atoms with Gasteiger partial charge in [0.15, 0.2) is 0 Å². The standard InChI is InChI=1S/C22H28N4O2/c1-15-8-10-17(11-9-15)20(23)22(28)24-16(2)21(27)25-18-6-5-7-19(14-18)26-12-3-4-13-26/h5-11,14,16,20H,3-4,12-13,23H2,1-2H3,(H,24,28)(H,25,27). The molecule has 1 fully saturated rings. The number of nitrogens with zero attached hydrogens (tertiary/aromatic N) is 1. The average molecular weight is 380 g/mol. The third-order valence-corrected chi connectivity index (χ3v) is 5.06. The number of benzene rings is 2. The van der Waals surface area contributed by atoms with Crippen molar-refractivity contribution in [3.8, 4) is 0 Å². The van der Waals surface area contributed by atoms with Crippen molar-refractivity contribution in [1.82, 2.24) is 5.32 Å². The first kappa shape index (κ1) is 19.9. The number of anilines is 2. The summed E-state index contributed by atoms with van der Waals surface area (Å²) >= 11 is 0. The number of nitrogens with two attached hydrogens (primary N) is 1. The summed E-state index contributed by atoms with van der Waals surface area (Å²) in [6.45, 7) is 5.71. The predicted molar refractivity (Wildman–Crippen MR) is 112 cm³/mol. The molecular formula is C22H28N4O2. The molecule has 6 nitrogen and oxygen atoms in total. The first-order valence-corrected chi connectivity index (χ1v) is 9.72. The summed E-state index contributed by atoms with van der Waals surface area (Å²) in [6, 6.07) is 13.8. The van der Waals surface area contributed by atoms with Crippen molar-refractivity contribution in [1.29, 1.82) is 0 Å². The van der Waals surface area contributed by atoms with Crippen molar-refractivity contribution in [2.75, 3.05) is 23.3 Å². The van der Waals surface area contributed by atoms with Crippen molar-refractivity contribution in [3.63, 3.8) is 0 Å². The highest BCUT2D eigenvalue weighted by molar-refractivity contribution is 5.98. The fourth-order valence-corrected chi connectivity index (χ4v) is 3.30. The molecule has 1 heterocycles. The number of carbonyl (C=O) groups is 2. The maximum absolute atomic E-state index is 12.5. The van der Waals surface area contributed by atoms with Gasteiger partial charge in [-0.3, -0.25) is 9.59 Å². The van der Waals surface area contributed by atoms with E-state index in [4.69, 9.17) is 5.73 Å². The van der Waals surface area contributed by atoms with E-state index in [1.165, 1.54) is 12.8 Å². The van der Waals surface area contributed by atoms with Crippen molar-refractivity contribution < 1.29 is 9.59 Å². The van der Waals surface area contributed by atoms with Crippen LogP contribution in [0.15, 0.2) is 48.5 Å². The summed E-state index contributed by atoms with van der Waals surface area (Å²) in [5.74, 6) is -0.652. The van der Waals surface area contributed by atoms with Gasteiger partial charge in [-0.15, -0.1) is 0 Å². The number of hydrogen-bond acceptors (Lipinski definition) is 4. The van der Waals surface area contributed by atoms with Crippen LogP contribution in [0.1, 0.15) is 36.9 Å². The largest absolute Gasteiger partial charge is 0.371 e. The van der Waals surface area contributed by atoms with Crippen LogP contribution < -0.4 is 21.3 Å². The molecule has 4 N–H and O–H groups in total. The van der Waals surface area contributed by atoms with Gasteiger partial charge in [-0.05, 0) is 50.5 Å². The molecule has 28 heavy (non-hydrogen) atoms. The van der Waals surface area contributed by atoms with Gasteiger partial charge >= 0.3 is 0 Å². The number of carbonyl (C=O) groups excluding carboxylic acids is 2. The first-order valence-electron chi connectivity index (χ1n) is 9.72. The van der Waals surface area contributed by atoms with Gasteiger partial charge in [-0.2, -0.15) is 0 Å². The molecule has 2 aromatic rings. The van der Waals surface area contributed by atoms with Crippen LogP contribution in [0.2, 0.25) is 0 Å². The van der Waals surface area contributed by atoms with E-state index in [1.807, 2.05) is 55.5 Å². The molecule has 0 radical (unpaired) electrons. The van der Waals surface area contributed by atoms with Crippen molar-refractivity contribution in [3.05, 3.63) is 59.7 Å². The van der Waals surface area contributed by atoms with Gasteiger partial charge in [0, 0.05) is 24.5 Å². The quantitative estimate of drug-likeness (QED) is 0.719. The van der Waals surface area contributed by atoms with Gasteiger partial charge in [-0.25, -0.2) is 0 Å². The number of hydrogen-bond donors (Lipinski definition) is 3. The third-order valence-electron chi connectivity index (χ3n) is 5.06. The summed E-state index contributed by atoms with van der Waals surface area (Å²) in [5.41, 5.74) is 9.67. The number of nitrogens with one attached hydrogen (secondary N) is 2. The summed E-state index contributed by atoms with van der Waals surface area (Å²) in [6.07, 6.45) is 2.39. The van der Waals surface area contributed by atoms with Crippen molar-refractivity contribution in [2.45, 2.75) is 38.8 Å². The Morgan fingerprint density at radius 1 is 1.04 bits per heavy atom. The Hall–Kier alpha value is -2.86. The fraction of sp³-hybridized carbons (Fsp3) is 0.364. The Kier molecular flexibility index (Phi) is 6.31. The molecule has 2 amide bonds. The molecule has 0 bridgehead atoms. The van der Waals surface area contributed by atoms with E-state index in [1.54, 1.807) is 6.92 Å². The summed E-state index contributed by atoms with van der Waals surface area (Å²) in [4.78, 5) is 27.2. The second-order valence-corrected chi connectivity index (χ2v) is 7.35. The van der Waals surface area contributed by atoms with Crippen LogP contribution in [0.3, 0.4) is 0 Å². The summed E-state index contributed by atoms with van der Waals surface area (Å²) in [5, 5.41) is 5.57. The Bertz CT molecular complexity index is 829. The van der Waals surface area contributed by atoms with Crippen LogP contribution in [-0.4, -0.2) is 30.9 Å². The molecule has 1 aliphatic heterocycles. The van der Waals surface area contributed by atoms with Crippen LogP contribution in [-0.2, 0) is 9.59 Å². The van der Waals surface area contributed by atoms with Crippen LogP contribution in [0.4, 0.5) is 11.4 Å². The van der Waals surface area contributed by atoms with Crippen molar-refractivity contribution >= 4 is 23.2 Å². The first-order chi connectivity index (χ1) is 13.4. The lowest BCUT2D eigenvalue weighted by atomic mass is 10.1. The molecule has 148 valence electrons. The highest BCUT2D eigenvalue weighted by Gasteiger charge is 2.21. The molecule has 2 atom stereocenters.